The van der Waals surface area contributed by atoms with Crippen molar-refractivity contribution in [3.63, 3.8) is 0 Å². The fourth-order valence-corrected chi connectivity index (χ4v) is 4.14. The largest absolute Gasteiger partial charge is 0.391 e. The maximum Gasteiger partial charge on any atom is 0.246 e. The highest BCUT2D eigenvalue weighted by molar-refractivity contribution is 5.92. The highest BCUT2D eigenvalue weighted by Crippen LogP contribution is 2.30. The number of carbonyl (C=O) groups excluding carboxylic acids is 2. The lowest BCUT2D eigenvalue weighted by molar-refractivity contribution is -0.132. The zero-order chi connectivity index (χ0) is 24.2. The van der Waals surface area contributed by atoms with Crippen molar-refractivity contribution < 1.29 is 28.6 Å². The van der Waals surface area contributed by atoms with Gasteiger partial charge in [-0.1, -0.05) is 19.9 Å². The van der Waals surface area contributed by atoms with Gasteiger partial charge in [0.15, 0.2) is 11.6 Å². The van der Waals surface area contributed by atoms with E-state index in [1.165, 1.54) is 23.1 Å². The molecule has 9 heteroatoms. The number of piperidine rings is 1. The third kappa shape index (κ3) is 6.82. The number of hydrogen-bond acceptors (Lipinski definition) is 5. The number of rotatable bonds is 6. The summed E-state index contributed by atoms with van der Waals surface area (Å²) < 4.78 is 26.4. The Kier molecular flexibility index (Phi) is 8.20. The molecule has 2 aliphatic heterocycles. The summed E-state index contributed by atoms with van der Waals surface area (Å²) in [7, 11) is 0. The molecule has 2 aliphatic rings. The summed E-state index contributed by atoms with van der Waals surface area (Å²) in [6.07, 6.45) is 2.46. The first-order valence-corrected chi connectivity index (χ1v) is 11.3. The van der Waals surface area contributed by atoms with Crippen LogP contribution in [0.25, 0.3) is 6.08 Å². The van der Waals surface area contributed by atoms with Gasteiger partial charge in [-0.15, -0.1) is 0 Å². The topological polar surface area (TPSA) is 84.3 Å². The Balaban J connectivity index is 1.50. The number of halogens is 2. The van der Waals surface area contributed by atoms with Crippen LogP contribution in [0.3, 0.4) is 0 Å². The molecule has 2 N–H and O–H groups in total. The summed E-state index contributed by atoms with van der Waals surface area (Å²) in [5, 5.41) is 20.8. The molecule has 2 atom stereocenters. The third-order valence-electron chi connectivity index (χ3n) is 6.57. The highest BCUT2D eigenvalue weighted by Gasteiger charge is 2.35. The number of benzene rings is 1. The van der Waals surface area contributed by atoms with E-state index in [0.717, 1.165) is 25.1 Å². The van der Waals surface area contributed by atoms with Crippen molar-refractivity contribution in [3.8, 4) is 0 Å². The maximum absolute atomic E-state index is 13.3. The number of nitrogens with zero attached hydrogens (tertiary/aromatic N) is 3. The van der Waals surface area contributed by atoms with Crippen molar-refractivity contribution in [2.45, 2.75) is 38.9 Å². The highest BCUT2D eigenvalue weighted by atomic mass is 19.2. The van der Waals surface area contributed by atoms with E-state index in [-0.39, 0.29) is 36.7 Å². The van der Waals surface area contributed by atoms with Crippen LogP contribution in [0.5, 0.6) is 0 Å². The molecule has 1 aromatic carbocycles. The van der Waals surface area contributed by atoms with E-state index < -0.39 is 23.8 Å². The van der Waals surface area contributed by atoms with E-state index in [1.807, 2.05) is 18.7 Å². The Morgan fingerprint density at radius 3 is 2.64 bits per heavy atom. The van der Waals surface area contributed by atoms with Crippen molar-refractivity contribution in [1.29, 1.82) is 0 Å². The van der Waals surface area contributed by atoms with E-state index in [2.05, 4.69) is 0 Å². The standard InChI is InChI=1S/C24H33F2N3O4/c1-24(2)8-10-27(16-21(24)31)14-18(30)15-29-12-11-28(9-7-23(29)33)22(32)6-4-17-3-5-19(25)20(26)13-17/h3-6,13,18,21,30-31H,7-12,14-16H2,1-2H3. The van der Waals surface area contributed by atoms with Gasteiger partial charge in [0.2, 0.25) is 11.8 Å². The smallest absolute Gasteiger partial charge is 0.246 e. The monoisotopic (exact) mass is 465 g/mol. The van der Waals surface area contributed by atoms with Gasteiger partial charge in [-0.3, -0.25) is 14.5 Å². The number of likely N-dealkylation sites (tertiary alicyclic amines) is 1. The van der Waals surface area contributed by atoms with Crippen molar-refractivity contribution >= 4 is 17.9 Å². The minimum atomic E-state index is -0.984. The number of hydrogen-bond donors (Lipinski definition) is 2. The average molecular weight is 466 g/mol. The summed E-state index contributed by atoms with van der Waals surface area (Å²) in [5.41, 5.74) is 0.224. The van der Waals surface area contributed by atoms with Crippen LogP contribution in [0.1, 0.15) is 32.3 Å². The molecule has 7 nitrogen and oxygen atoms in total. The van der Waals surface area contributed by atoms with Gasteiger partial charge in [0.05, 0.1) is 12.2 Å². The molecule has 33 heavy (non-hydrogen) atoms. The van der Waals surface area contributed by atoms with Crippen LogP contribution in [-0.2, 0) is 9.59 Å². The Morgan fingerprint density at radius 1 is 1.18 bits per heavy atom. The zero-order valence-electron chi connectivity index (χ0n) is 19.2. The van der Waals surface area contributed by atoms with E-state index in [4.69, 9.17) is 0 Å². The molecular weight excluding hydrogens is 432 g/mol. The van der Waals surface area contributed by atoms with Crippen LogP contribution in [-0.4, -0.2) is 94.7 Å². The lowest BCUT2D eigenvalue weighted by atomic mass is 9.80. The summed E-state index contributed by atoms with van der Waals surface area (Å²) in [6, 6.07) is 3.38. The van der Waals surface area contributed by atoms with Gasteiger partial charge in [0, 0.05) is 51.8 Å². The Morgan fingerprint density at radius 2 is 1.94 bits per heavy atom. The van der Waals surface area contributed by atoms with Crippen molar-refractivity contribution in [2.75, 3.05) is 45.8 Å². The molecule has 2 amide bonds. The molecule has 0 aliphatic carbocycles. The van der Waals surface area contributed by atoms with Gasteiger partial charge in [0.1, 0.15) is 0 Å². The van der Waals surface area contributed by atoms with Gasteiger partial charge >= 0.3 is 0 Å². The molecule has 2 unspecified atom stereocenters. The second kappa shape index (κ2) is 10.7. The van der Waals surface area contributed by atoms with E-state index in [1.54, 1.807) is 4.90 Å². The second-order valence-electron chi connectivity index (χ2n) is 9.59. The van der Waals surface area contributed by atoms with E-state index in [0.29, 0.717) is 31.7 Å². The molecule has 0 bridgehead atoms. The molecule has 1 aromatic rings. The molecule has 3 rings (SSSR count). The quantitative estimate of drug-likeness (QED) is 0.622. The van der Waals surface area contributed by atoms with E-state index in [9.17, 15) is 28.6 Å². The fraction of sp³-hybridized carbons (Fsp3) is 0.583. The molecule has 2 saturated heterocycles. The van der Waals surface area contributed by atoms with Gasteiger partial charge in [0.25, 0.3) is 0 Å². The third-order valence-corrected chi connectivity index (χ3v) is 6.57. The lowest BCUT2D eigenvalue weighted by Gasteiger charge is -2.42. The Hall–Kier alpha value is -2.36. The van der Waals surface area contributed by atoms with Gasteiger partial charge in [-0.2, -0.15) is 0 Å². The van der Waals surface area contributed by atoms with Crippen LogP contribution < -0.4 is 0 Å². The first kappa shape index (κ1) is 25.3. The Bertz CT molecular complexity index is 892. The van der Waals surface area contributed by atoms with Crippen molar-refractivity contribution in [3.05, 3.63) is 41.5 Å². The minimum absolute atomic E-state index is 0.131. The van der Waals surface area contributed by atoms with Gasteiger partial charge in [-0.05, 0) is 42.2 Å². The van der Waals surface area contributed by atoms with Crippen LogP contribution in [0.15, 0.2) is 24.3 Å². The number of carbonyl (C=O) groups is 2. The summed E-state index contributed by atoms with van der Waals surface area (Å²) in [5.74, 6) is -2.39. The first-order chi connectivity index (χ1) is 15.5. The average Bonchev–Trinajstić information content (AvgIpc) is 2.93. The second-order valence-corrected chi connectivity index (χ2v) is 9.59. The van der Waals surface area contributed by atoms with Crippen LogP contribution in [0, 0.1) is 17.0 Å². The zero-order valence-corrected chi connectivity index (χ0v) is 19.2. The molecule has 0 radical (unpaired) electrons. The number of aliphatic hydroxyl groups is 2. The molecule has 2 fully saturated rings. The summed E-state index contributed by atoms with van der Waals surface area (Å²) in [6.45, 7) is 6.74. The van der Waals surface area contributed by atoms with Crippen molar-refractivity contribution in [2.24, 2.45) is 5.41 Å². The van der Waals surface area contributed by atoms with Gasteiger partial charge < -0.3 is 20.0 Å². The number of amides is 2. The molecule has 0 aromatic heterocycles. The fourth-order valence-electron chi connectivity index (χ4n) is 4.14. The van der Waals surface area contributed by atoms with Gasteiger partial charge in [-0.25, -0.2) is 8.78 Å². The molecule has 0 spiro atoms. The maximum atomic E-state index is 13.3. The summed E-state index contributed by atoms with van der Waals surface area (Å²) in [4.78, 5) is 30.2. The minimum Gasteiger partial charge on any atom is -0.391 e. The molecular formula is C24H33F2N3O4. The molecule has 2 heterocycles. The van der Waals surface area contributed by atoms with Crippen LogP contribution in [0.4, 0.5) is 8.78 Å². The summed E-state index contributed by atoms with van der Waals surface area (Å²) >= 11 is 0. The SMILES string of the molecule is CC1(C)CCN(CC(O)CN2CCN(C(=O)C=Cc3ccc(F)c(F)c3)CCC2=O)CC1O. The molecule has 0 saturated carbocycles. The lowest BCUT2D eigenvalue weighted by Crippen LogP contribution is -2.51. The normalized spacial score (nSPS) is 23.1. The van der Waals surface area contributed by atoms with Crippen LogP contribution in [0.2, 0.25) is 0 Å². The van der Waals surface area contributed by atoms with Crippen LogP contribution >= 0.6 is 0 Å². The van der Waals surface area contributed by atoms with Crippen molar-refractivity contribution in [1.82, 2.24) is 14.7 Å². The Labute approximate surface area is 193 Å². The predicted molar refractivity (Wildman–Crippen MR) is 120 cm³/mol. The predicted octanol–water partition coefficient (Wildman–Crippen LogP) is 1.49. The number of β-amino-alcohol motifs (C(OH)–C–C–N with tert-alkyl or cyclic N) is 2. The number of aliphatic hydroxyl groups excluding tert-OH is 2. The molecule has 182 valence electrons. The van der Waals surface area contributed by atoms with E-state index >= 15 is 0 Å². The first-order valence-electron chi connectivity index (χ1n) is 11.3.